The predicted molar refractivity (Wildman–Crippen MR) is 96.9 cm³/mol. The fraction of sp³-hybridized carbons (Fsp3) is 0.632. The summed E-state index contributed by atoms with van der Waals surface area (Å²) in [6, 6.07) is 7.51. The smallest absolute Gasteiger partial charge is 0.372 e. The molecular formula is C19H24ClF3N2O2. The zero-order chi connectivity index (χ0) is 19.5. The molecule has 27 heavy (non-hydrogen) atoms. The van der Waals surface area contributed by atoms with E-state index in [-0.39, 0.29) is 12.5 Å². The minimum atomic E-state index is -4.27. The summed E-state index contributed by atoms with van der Waals surface area (Å²) in [5.41, 5.74) is 0.638. The molecule has 1 saturated heterocycles. The van der Waals surface area contributed by atoms with Gasteiger partial charge in [-0.05, 0) is 37.0 Å². The van der Waals surface area contributed by atoms with Crippen molar-refractivity contribution in [2.75, 3.05) is 45.9 Å². The lowest BCUT2D eigenvalue weighted by Crippen LogP contribution is -2.51. The van der Waals surface area contributed by atoms with Crippen molar-refractivity contribution in [2.45, 2.75) is 30.9 Å². The molecule has 150 valence electrons. The van der Waals surface area contributed by atoms with Gasteiger partial charge in [-0.15, -0.1) is 0 Å². The van der Waals surface area contributed by atoms with Gasteiger partial charge in [-0.25, -0.2) is 0 Å². The van der Waals surface area contributed by atoms with Crippen LogP contribution in [0.1, 0.15) is 24.8 Å². The average Bonchev–Trinajstić information content (AvgIpc) is 3.43. The summed E-state index contributed by atoms with van der Waals surface area (Å²) < 4.78 is 40.7. The molecule has 0 bridgehead atoms. The van der Waals surface area contributed by atoms with E-state index in [1.165, 1.54) is 0 Å². The van der Waals surface area contributed by atoms with Crippen molar-refractivity contribution >= 4 is 17.5 Å². The van der Waals surface area contributed by atoms with Crippen molar-refractivity contribution in [1.29, 1.82) is 0 Å². The van der Waals surface area contributed by atoms with E-state index >= 15 is 0 Å². The fourth-order valence-electron chi connectivity index (χ4n) is 3.58. The van der Waals surface area contributed by atoms with Crippen molar-refractivity contribution in [3.63, 3.8) is 0 Å². The maximum Gasteiger partial charge on any atom is 0.411 e. The first-order valence-corrected chi connectivity index (χ1v) is 9.60. The number of nitrogens with zero attached hydrogens (tertiary/aromatic N) is 2. The summed E-state index contributed by atoms with van der Waals surface area (Å²) in [7, 11) is 0. The van der Waals surface area contributed by atoms with Crippen molar-refractivity contribution in [3.05, 3.63) is 34.9 Å². The minimum Gasteiger partial charge on any atom is -0.372 e. The van der Waals surface area contributed by atoms with Gasteiger partial charge in [-0.1, -0.05) is 23.7 Å². The molecule has 0 atom stereocenters. The summed E-state index contributed by atoms with van der Waals surface area (Å²) in [4.78, 5) is 17.1. The molecule has 0 N–H and O–H groups in total. The van der Waals surface area contributed by atoms with Crippen LogP contribution in [0, 0.1) is 0 Å². The number of ether oxygens (including phenoxy) is 1. The molecule has 1 aromatic rings. The number of carbonyl (C=O) groups is 1. The van der Waals surface area contributed by atoms with Gasteiger partial charge in [0.2, 0.25) is 5.91 Å². The SMILES string of the molecule is O=C(N1CCN(CCCOCC(F)(F)F)CC1)C1(c2ccc(Cl)cc2)CC1. The van der Waals surface area contributed by atoms with E-state index in [2.05, 4.69) is 9.64 Å². The number of alkyl halides is 3. The molecule has 1 aliphatic heterocycles. The molecule has 0 unspecified atom stereocenters. The van der Waals surface area contributed by atoms with Crippen molar-refractivity contribution in [3.8, 4) is 0 Å². The van der Waals surface area contributed by atoms with Crippen LogP contribution in [0.25, 0.3) is 0 Å². The lowest BCUT2D eigenvalue weighted by Gasteiger charge is -2.36. The van der Waals surface area contributed by atoms with Gasteiger partial charge in [0.1, 0.15) is 6.61 Å². The van der Waals surface area contributed by atoms with Crippen LogP contribution in [0.2, 0.25) is 5.02 Å². The van der Waals surface area contributed by atoms with E-state index in [9.17, 15) is 18.0 Å². The highest BCUT2D eigenvalue weighted by molar-refractivity contribution is 6.30. The van der Waals surface area contributed by atoms with Gasteiger partial charge < -0.3 is 9.64 Å². The molecule has 4 nitrogen and oxygen atoms in total. The molecule has 1 aromatic carbocycles. The van der Waals surface area contributed by atoms with Crippen LogP contribution in [0.15, 0.2) is 24.3 Å². The van der Waals surface area contributed by atoms with Crippen LogP contribution < -0.4 is 0 Å². The monoisotopic (exact) mass is 404 g/mol. The average molecular weight is 405 g/mol. The highest BCUT2D eigenvalue weighted by atomic mass is 35.5. The van der Waals surface area contributed by atoms with E-state index in [1.54, 1.807) is 0 Å². The zero-order valence-corrected chi connectivity index (χ0v) is 15.9. The number of carbonyl (C=O) groups excluding carboxylic acids is 1. The second-order valence-corrected chi connectivity index (χ2v) is 7.68. The maximum atomic E-state index is 13.0. The minimum absolute atomic E-state index is 0.0956. The number of hydrogen-bond acceptors (Lipinski definition) is 3. The first kappa shape index (κ1) is 20.4. The molecule has 1 saturated carbocycles. The quantitative estimate of drug-likeness (QED) is 0.652. The topological polar surface area (TPSA) is 32.8 Å². The molecule has 1 heterocycles. The van der Waals surface area contributed by atoms with Crippen molar-refractivity contribution in [2.24, 2.45) is 0 Å². The number of hydrogen-bond donors (Lipinski definition) is 0. The third-order valence-corrected chi connectivity index (χ3v) is 5.50. The number of benzene rings is 1. The Hall–Kier alpha value is -1.31. The highest BCUT2D eigenvalue weighted by Gasteiger charge is 2.53. The number of piperazine rings is 1. The van der Waals surface area contributed by atoms with E-state index in [4.69, 9.17) is 11.6 Å². The molecule has 2 aliphatic rings. The summed E-state index contributed by atoms with van der Waals surface area (Å²) in [6.07, 6.45) is -1.98. The molecular weight excluding hydrogens is 381 g/mol. The molecule has 1 aliphatic carbocycles. The largest absolute Gasteiger partial charge is 0.411 e. The Bertz CT molecular complexity index is 639. The zero-order valence-electron chi connectivity index (χ0n) is 15.1. The van der Waals surface area contributed by atoms with Gasteiger partial charge in [-0.3, -0.25) is 9.69 Å². The first-order valence-electron chi connectivity index (χ1n) is 9.22. The Labute approximate surface area is 162 Å². The summed E-state index contributed by atoms with van der Waals surface area (Å²) in [5, 5.41) is 0.662. The normalized spacial score (nSPS) is 19.9. The number of halogens is 4. The summed E-state index contributed by atoms with van der Waals surface area (Å²) in [5.74, 6) is 0.179. The van der Waals surface area contributed by atoms with Crippen LogP contribution in [0.5, 0.6) is 0 Å². The molecule has 2 fully saturated rings. The summed E-state index contributed by atoms with van der Waals surface area (Å²) >= 11 is 5.94. The lowest BCUT2D eigenvalue weighted by molar-refractivity contribution is -0.174. The van der Waals surface area contributed by atoms with Gasteiger partial charge in [0.25, 0.3) is 0 Å². The maximum absolute atomic E-state index is 13.0. The number of rotatable bonds is 7. The first-order chi connectivity index (χ1) is 12.8. The Morgan fingerprint density at radius 1 is 1.11 bits per heavy atom. The third-order valence-electron chi connectivity index (χ3n) is 5.24. The predicted octanol–water partition coefficient (Wildman–Crippen LogP) is 3.48. The highest BCUT2D eigenvalue weighted by Crippen LogP contribution is 2.49. The van der Waals surface area contributed by atoms with Crippen LogP contribution in [-0.2, 0) is 14.9 Å². The number of amides is 1. The molecule has 0 aromatic heterocycles. The van der Waals surface area contributed by atoms with Gasteiger partial charge in [0, 0.05) is 44.4 Å². The second-order valence-electron chi connectivity index (χ2n) is 7.24. The Kier molecular flexibility index (Phi) is 6.33. The summed E-state index contributed by atoms with van der Waals surface area (Å²) in [6.45, 7) is 2.36. The molecule has 1 amide bonds. The van der Waals surface area contributed by atoms with Crippen molar-refractivity contribution in [1.82, 2.24) is 9.80 Å². The Balaban J connectivity index is 1.41. The lowest BCUT2D eigenvalue weighted by atomic mass is 9.94. The van der Waals surface area contributed by atoms with E-state index in [0.717, 1.165) is 31.5 Å². The van der Waals surface area contributed by atoms with Crippen LogP contribution >= 0.6 is 11.6 Å². The van der Waals surface area contributed by atoms with Crippen LogP contribution in [-0.4, -0.2) is 67.8 Å². The molecule has 0 spiro atoms. The Morgan fingerprint density at radius 2 is 1.74 bits per heavy atom. The molecule has 3 rings (SSSR count). The molecule has 0 radical (unpaired) electrons. The van der Waals surface area contributed by atoms with Gasteiger partial charge in [0.15, 0.2) is 0 Å². The van der Waals surface area contributed by atoms with Crippen molar-refractivity contribution < 1.29 is 22.7 Å². The van der Waals surface area contributed by atoms with Gasteiger partial charge in [-0.2, -0.15) is 13.2 Å². The molecule has 8 heteroatoms. The van der Waals surface area contributed by atoms with Gasteiger partial charge in [0.05, 0.1) is 5.41 Å². The third kappa shape index (κ3) is 5.36. The standard InChI is InChI=1S/C19H24ClF3N2O2/c20-16-4-2-15(3-5-16)18(6-7-18)17(26)25-11-9-24(10-12-25)8-1-13-27-14-19(21,22)23/h2-5H,1,6-14H2. The van der Waals surface area contributed by atoms with E-state index in [1.807, 2.05) is 29.2 Å². The van der Waals surface area contributed by atoms with Crippen LogP contribution in [0.4, 0.5) is 13.2 Å². The second kappa shape index (κ2) is 8.37. The van der Waals surface area contributed by atoms with Crippen LogP contribution in [0.3, 0.4) is 0 Å². The Morgan fingerprint density at radius 3 is 2.30 bits per heavy atom. The van der Waals surface area contributed by atoms with E-state index < -0.39 is 18.2 Å². The van der Waals surface area contributed by atoms with E-state index in [0.29, 0.717) is 31.1 Å². The van der Waals surface area contributed by atoms with Gasteiger partial charge >= 0.3 is 6.18 Å². The fourth-order valence-corrected chi connectivity index (χ4v) is 3.70.